The largest absolute Gasteiger partial charge is 0.492 e. The summed E-state index contributed by atoms with van der Waals surface area (Å²) in [5, 5.41) is 1.21. The molecule has 0 unspecified atom stereocenters. The molecule has 0 saturated carbocycles. The molecule has 4 heterocycles. The zero-order valence-corrected chi connectivity index (χ0v) is 19.5. The number of unbranched alkanes of at least 4 members (excludes halogenated alkanes) is 1. The van der Waals surface area contributed by atoms with Gasteiger partial charge < -0.3 is 19.5 Å². The van der Waals surface area contributed by atoms with E-state index in [9.17, 15) is 0 Å². The topological polar surface area (TPSA) is 118 Å². The normalized spacial score (nSPS) is 10.7. The Hall–Kier alpha value is -3.62. The number of benzene rings is 1. The lowest BCUT2D eigenvalue weighted by Gasteiger charge is -2.05. The number of thiazole rings is 1. The molecule has 5 rings (SSSR count). The molecule has 0 spiro atoms. The first-order valence-electron chi connectivity index (χ1n) is 10.1. The maximum absolute atomic E-state index is 5.86. The van der Waals surface area contributed by atoms with Crippen molar-refractivity contribution < 1.29 is 9.15 Å². The number of aromatic nitrogens is 6. The third-order valence-corrected chi connectivity index (χ3v) is 6.16. The maximum atomic E-state index is 5.86. The summed E-state index contributed by atoms with van der Waals surface area (Å²) < 4.78 is 13.8. The molecule has 0 aliphatic heterocycles. The highest BCUT2D eigenvalue weighted by Gasteiger charge is 2.17. The highest BCUT2D eigenvalue weighted by molar-refractivity contribution is 7.99. The first-order valence-corrected chi connectivity index (χ1v) is 11.8. The number of imidazole rings is 1. The number of oxazole rings is 1. The van der Waals surface area contributed by atoms with Crippen molar-refractivity contribution in [1.82, 2.24) is 29.5 Å². The molecule has 4 aromatic heterocycles. The minimum Gasteiger partial charge on any atom is -0.492 e. The van der Waals surface area contributed by atoms with Crippen LogP contribution in [0.3, 0.4) is 0 Å². The van der Waals surface area contributed by atoms with Gasteiger partial charge in [0, 0.05) is 24.7 Å². The zero-order valence-electron chi connectivity index (χ0n) is 17.8. The van der Waals surface area contributed by atoms with Crippen molar-refractivity contribution in [3.05, 3.63) is 42.5 Å². The average Bonchev–Trinajstić information content (AvgIpc) is 3.57. The molecule has 11 heteroatoms. The van der Waals surface area contributed by atoms with Crippen molar-refractivity contribution in [2.45, 2.75) is 36.7 Å². The van der Waals surface area contributed by atoms with Crippen LogP contribution in [0.1, 0.15) is 19.8 Å². The number of terminal acetylenes is 1. The van der Waals surface area contributed by atoms with E-state index >= 15 is 0 Å². The number of rotatable bonds is 7. The zero-order chi connectivity index (χ0) is 23.0. The Kier molecular flexibility index (Phi) is 7.39. The summed E-state index contributed by atoms with van der Waals surface area (Å²) >= 11 is 2.93. The van der Waals surface area contributed by atoms with Crippen LogP contribution in [0.15, 0.2) is 57.3 Å². The molecule has 1 aromatic carbocycles. The Balaban J connectivity index is 0.000000183. The molecule has 9 nitrogen and oxygen atoms in total. The van der Waals surface area contributed by atoms with E-state index in [0.717, 1.165) is 22.4 Å². The van der Waals surface area contributed by atoms with Crippen LogP contribution < -0.4 is 10.5 Å². The van der Waals surface area contributed by atoms with Crippen molar-refractivity contribution in [2.24, 2.45) is 0 Å². The monoisotopic (exact) mass is 479 g/mol. The third-order valence-electron chi connectivity index (χ3n) is 4.44. The summed E-state index contributed by atoms with van der Waals surface area (Å²) in [6, 6.07) is 5.94. The van der Waals surface area contributed by atoms with Gasteiger partial charge in [0.05, 0.1) is 28.5 Å². The van der Waals surface area contributed by atoms with E-state index in [1.165, 1.54) is 24.4 Å². The number of hydrogen-bond donors (Lipinski definition) is 1. The van der Waals surface area contributed by atoms with Gasteiger partial charge in [-0.15, -0.1) is 23.7 Å². The smallest absolute Gasteiger partial charge is 0.263 e. The van der Waals surface area contributed by atoms with E-state index in [-0.39, 0.29) is 0 Å². The molecular formula is C22H21N7O2S2. The highest BCUT2D eigenvalue weighted by atomic mass is 32.2. The van der Waals surface area contributed by atoms with Gasteiger partial charge in [0.15, 0.2) is 22.1 Å². The van der Waals surface area contributed by atoms with E-state index in [0.29, 0.717) is 46.9 Å². The number of aryl methyl sites for hydroxylation is 1. The van der Waals surface area contributed by atoms with Crippen molar-refractivity contribution in [3.63, 3.8) is 0 Å². The Labute approximate surface area is 198 Å². The number of fused-ring (bicyclic) bond motifs is 2. The van der Waals surface area contributed by atoms with Crippen LogP contribution in [0.25, 0.3) is 21.4 Å². The third kappa shape index (κ3) is 5.24. The van der Waals surface area contributed by atoms with Gasteiger partial charge in [-0.3, -0.25) is 0 Å². The highest BCUT2D eigenvalue weighted by Crippen LogP contribution is 2.30. The van der Waals surface area contributed by atoms with Gasteiger partial charge in [0.2, 0.25) is 0 Å². The second-order valence-electron chi connectivity index (χ2n) is 6.57. The quantitative estimate of drug-likeness (QED) is 0.263. The Morgan fingerprint density at radius 3 is 2.97 bits per heavy atom. The van der Waals surface area contributed by atoms with E-state index in [1.807, 2.05) is 35.2 Å². The standard InChI is InChI=1S/C13H12N6OS.C9H9NOS/c1-2-3-4-6-19-11-9(10(14)16-8-17-11)18-12(19)21-13-15-5-7-20-13;1-2-11-8-5-3-4-7-9(8)12-6-10-7/h1,5,7-8H,3-4,6H2,(H2,14,16,17);3-6H,2H2,1H3. The molecule has 0 radical (unpaired) electrons. The lowest BCUT2D eigenvalue weighted by molar-refractivity contribution is 0.345. The van der Waals surface area contributed by atoms with Gasteiger partial charge >= 0.3 is 0 Å². The van der Waals surface area contributed by atoms with E-state index in [4.69, 9.17) is 21.3 Å². The summed E-state index contributed by atoms with van der Waals surface area (Å²) in [5.74, 6) is 3.92. The lowest BCUT2D eigenvalue weighted by Crippen LogP contribution is -2.01. The van der Waals surface area contributed by atoms with Crippen LogP contribution in [0.2, 0.25) is 0 Å². The van der Waals surface area contributed by atoms with E-state index < -0.39 is 0 Å². The Morgan fingerprint density at radius 1 is 1.27 bits per heavy atom. The first-order chi connectivity index (χ1) is 16.2. The fraction of sp³-hybridized carbons (Fsp3) is 0.227. The number of anilines is 1. The van der Waals surface area contributed by atoms with Gasteiger partial charge in [-0.25, -0.2) is 24.9 Å². The first kappa shape index (κ1) is 22.6. The molecule has 0 aliphatic carbocycles. The summed E-state index contributed by atoms with van der Waals surface area (Å²) in [5.41, 5.74) is 9.98. The molecule has 5 aromatic rings. The molecule has 0 amide bonds. The summed E-state index contributed by atoms with van der Waals surface area (Å²) in [6.07, 6.45) is 11.3. The van der Waals surface area contributed by atoms with Gasteiger partial charge in [0.25, 0.3) is 5.22 Å². The summed E-state index contributed by atoms with van der Waals surface area (Å²) in [6.45, 7) is 3.39. The van der Waals surface area contributed by atoms with Gasteiger partial charge in [0.1, 0.15) is 18.3 Å². The summed E-state index contributed by atoms with van der Waals surface area (Å²) in [4.78, 5) is 21.0. The molecule has 0 aliphatic rings. The number of ether oxygens (including phenoxy) is 1. The average molecular weight is 480 g/mol. The molecule has 0 fully saturated rings. The predicted octanol–water partition coefficient (Wildman–Crippen LogP) is 4.66. The maximum Gasteiger partial charge on any atom is 0.263 e. The van der Waals surface area contributed by atoms with Gasteiger partial charge in [-0.1, -0.05) is 6.07 Å². The minimum absolute atomic E-state index is 0.352. The molecule has 2 N–H and O–H groups in total. The SMILES string of the molecule is C#CCCCn1c(Sc2ncco2)nc2c(N)ncnc21.CCOc1cccc2ncsc12. The van der Waals surface area contributed by atoms with Gasteiger partial charge in [-0.2, -0.15) is 0 Å². The molecule has 0 atom stereocenters. The van der Waals surface area contributed by atoms with Crippen LogP contribution in [-0.2, 0) is 6.54 Å². The minimum atomic E-state index is 0.352. The van der Waals surface area contributed by atoms with Crippen LogP contribution in [0, 0.1) is 12.3 Å². The predicted molar refractivity (Wildman–Crippen MR) is 129 cm³/mol. The fourth-order valence-electron chi connectivity index (χ4n) is 3.02. The summed E-state index contributed by atoms with van der Waals surface area (Å²) in [7, 11) is 0. The van der Waals surface area contributed by atoms with Crippen molar-refractivity contribution in [3.8, 4) is 18.1 Å². The van der Waals surface area contributed by atoms with Crippen LogP contribution in [-0.4, -0.2) is 36.1 Å². The van der Waals surface area contributed by atoms with E-state index in [1.54, 1.807) is 17.5 Å². The fourth-order valence-corrected chi connectivity index (χ4v) is 4.58. The molecule has 0 bridgehead atoms. The molecule has 33 heavy (non-hydrogen) atoms. The lowest BCUT2D eigenvalue weighted by atomic mass is 10.3. The molecular weight excluding hydrogens is 458 g/mol. The van der Waals surface area contributed by atoms with Crippen molar-refractivity contribution in [2.75, 3.05) is 12.3 Å². The second-order valence-corrected chi connectivity index (χ2v) is 8.35. The number of nitrogen functional groups attached to an aromatic ring is 1. The second kappa shape index (κ2) is 10.8. The van der Waals surface area contributed by atoms with Gasteiger partial charge in [-0.05, 0) is 25.5 Å². The number of nitrogens with two attached hydrogens (primary N) is 1. The molecule has 0 saturated heterocycles. The van der Waals surface area contributed by atoms with Crippen LogP contribution in [0.5, 0.6) is 5.75 Å². The van der Waals surface area contributed by atoms with Crippen molar-refractivity contribution >= 4 is 50.3 Å². The van der Waals surface area contributed by atoms with Crippen LogP contribution in [0.4, 0.5) is 5.82 Å². The number of hydrogen-bond acceptors (Lipinski definition) is 10. The molecule has 168 valence electrons. The number of nitrogens with zero attached hydrogens (tertiary/aromatic N) is 6. The Morgan fingerprint density at radius 2 is 2.18 bits per heavy atom. The van der Waals surface area contributed by atoms with Crippen molar-refractivity contribution in [1.29, 1.82) is 0 Å². The van der Waals surface area contributed by atoms with E-state index in [2.05, 4.69) is 30.8 Å². The Bertz CT molecular complexity index is 1370. The van der Waals surface area contributed by atoms with Crippen LogP contribution >= 0.6 is 23.1 Å².